The third-order valence-electron chi connectivity index (χ3n) is 5.71. The van der Waals surface area contributed by atoms with Crippen molar-refractivity contribution in [2.24, 2.45) is 5.92 Å². The van der Waals surface area contributed by atoms with Gasteiger partial charge in [-0.25, -0.2) is 17.7 Å². The lowest BCUT2D eigenvalue weighted by molar-refractivity contribution is -0.123. The summed E-state index contributed by atoms with van der Waals surface area (Å²) >= 11 is 1.53. The number of thiazole rings is 1. The van der Waals surface area contributed by atoms with Gasteiger partial charge in [-0.05, 0) is 50.3 Å². The maximum absolute atomic E-state index is 13.5. The van der Waals surface area contributed by atoms with Gasteiger partial charge in [-0.1, -0.05) is 17.4 Å². The second kappa shape index (κ2) is 8.29. The number of rotatable bonds is 5. The van der Waals surface area contributed by atoms with Gasteiger partial charge in [-0.15, -0.1) is 0 Å². The number of amides is 1. The molecule has 9 heteroatoms. The Hall–Kier alpha value is -1.55. The Bertz CT molecular complexity index is 990. The lowest BCUT2D eigenvalue weighted by Crippen LogP contribution is -2.46. The fraction of sp³-hybridized carbons (Fsp3) is 0.600. The van der Waals surface area contributed by atoms with Gasteiger partial charge < -0.3 is 4.74 Å². The van der Waals surface area contributed by atoms with Crippen LogP contribution in [0.2, 0.25) is 0 Å². The number of sulfonamides is 1. The predicted molar refractivity (Wildman–Crippen MR) is 115 cm³/mol. The Morgan fingerprint density at radius 1 is 1.31 bits per heavy atom. The first-order valence-corrected chi connectivity index (χ1v) is 12.7. The summed E-state index contributed by atoms with van der Waals surface area (Å²) < 4.78 is 31.9. The van der Waals surface area contributed by atoms with Gasteiger partial charge >= 0.3 is 0 Å². The Morgan fingerprint density at radius 2 is 2.07 bits per heavy atom. The van der Waals surface area contributed by atoms with Crippen LogP contribution in [0, 0.1) is 12.8 Å². The number of benzene rings is 1. The number of carbonyl (C=O) groups excluding carboxylic acids is 1. The molecule has 0 bridgehead atoms. The van der Waals surface area contributed by atoms with Crippen LogP contribution in [-0.2, 0) is 19.6 Å². The van der Waals surface area contributed by atoms with Crippen LogP contribution in [0.1, 0.15) is 31.2 Å². The van der Waals surface area contributed by atoms with E-state index in [0.717, 1.165) is 35.2 Å². The quantitative estimate of drug-likeness (QED) is 0.719. The molecule has 2 aliphatic rings. The molecule has 2 fully saturated rings. The molecule has 0 spiro atoms. The number of piperidine rings is 1. The van der Waals surface area contributed by atoms with Gasteiger partial charge in [0.15, 0.2) is 5.13 Å². The van der Waals surface area contributed by atoms with E-state index in [-0.39, 0.29) is 17.9 Å². The number of fused-ring (bicyclic) bond motifs is 1. The highest BCUT2D eigenvalue weighted by atomic mass is 32.2. The number of anilines is 1. The van der Waals surface area contributed by atoms with Gasteiger partial charge in [-0.2, -0.15) is 0 Å². The summed E-state index contributed by atoms with van der Waals surface area (Å²) in [6.07, 6.45) is 4.29. The minimum atomic E-state index is -3.21. The molecular weight excluding hydrogens is 410 g/mol. The first-order chi connectivity index (χ1) is 13.8. The van der Waals surface area contributed by atoms with E-state index in [2.05, 4.69) is 6.07 Å². The maximum atomic E-state index is 13.5. The minimum absolute atomic E-state index is 0.0313. The van der Waals surface area contributed by atoms with Gasteiger partial charge in [-0.3, -0.25) is 9.69 Å². The molecule has 29 heavy (non-hydrogen) atoms. The zero-order chi connectivity index (χ0) is 20.6. The Balaban J connectivity index is 1.57. The van der Waals surface area contributed by atoms with Gasteiger partial charge in [0.25, 0.3) is 0 Å². The van der Waals surface area contributed by atoms with E-state index in [1.54, 1.807) is 4.90 Å². The second-order valence-electron chi connectivity index (χ2n) is 7.99. The van der Waals surface area contributed by atoms with Crippen LogP contribution in [0.4, 0.5) is 5.13 Å². The minimum Gasteiger partial charge on any atom is -0.376 e. The van der Waals surface area contributed by atoms with E-state index in [4.69, 9.17) is 9.72 Å². The van der Waals surface area contributed by atoms with Crippen molar-refractivity contribution in [2.45, 2.75) is 38.7 Å². The highest BCUT2D eigenvalue weighted by Gasteiger charge is 2.34. The van der Waals surface area contributed by atoms with Crippen molar-refractivity contribution in [3.63, 3.8) is 0 Å². The molecule has 1 unspecified atom stereocenters. The van der Waals surface area contributed by atoms with E-state index in [1.807, 2.05) is 19.1 Å². The van der Waals surface area contributed by atoms with E-state index in [0.29, 0.717) is 37.6 Å². The molecular formula is C20H27N3O4S2. The van der Waals surface area contributed by atoms with E-state index in [1.165, 1.54) is 21.9 Å². The van der Waals surface area contributed by atoms with Crippen molar-refractivity contribution in [3.8, 4) is 0 Å². The largest absolute Gasteiger partial charge is 0.376 e. The Morgan fingerprint density at radius 3 is 2.72 bits per heavy atom. The summed E-state index contributed by atoms with van der Waals surface area (Å²) in [6.45, 7) is 4.07. The summed E-state index contributed by atoms with van der Waals surface area (Å²) in [7, 11) is -3.21. The summed E-state index contributed by atoms with van der Waals surface area (Å²) in [5.41, 5.74) is 2.06. The van der Waals surface area contributed by atoms with Crippen molar-refractivity contribution in [1.29, 1.82) is 0 Å². The predicted octanol–water partition coefficient (Wildman–Crippen LogP) is 2.79. The van der Waals surface area contributed by atoms with Crippen molar-refractivity contribution >= 4 is 42.6 Å². The smallest absolute Gasteiger partial charge is 0.232 e. The molecule has 4 rings (SSSR count). The van der Waals surface area contributed by atoms with Crippen molar-refractivity contribution in [1.82, 2.24) is 9.29 Å². The fourth-order valence-corrected chi connectivity index (χ4v) is 6.00. The molecule has 0 aliphatic carbocycles. The van der Waals surface area contributed by atoms with Gasteiger partial charge in [0.2, 0.25) is 15.9 Å². The third kappa shape index (κ3) is 4.63. The molecule has 7 nitrogen and oxygen atoms in total. The SMILES string of the molecule is Cc1ccc2nc(N(CC3CCCO3)C(=O)C3CCN(S(C)(=O)=O)CC3)sc2c1. The highest BCUT2D eigenvalue weighted by molar-refractivity contribution is 7.88. The summed E-state index contributed by atoms with van der Waals surface area (Å²) in [5.74, 6) is -0.160. The van der Waals surface area contributed by atoms with Crippen molar-refractivity contribution in [3.05, 3.63) is 23.8 Å². The number of hydrogen-bond acceptors (Lipinski definition) is 6. The Kier molecular flexibility index (Phi) is 5.92. The lowest BCUT2D eigenvalue weighted by atomic mass is 9.96. The molecule has 1 aromatic carbocycles. The molecule has 2 aromatic rings. The standard InChI is InChI=1S/C20H27N3O4S2/c1-14-5-6-17-18(12-14)28-20(21-17)23(13-16-4-3-11-27-16)19(24)15-7-9-22(10-8-15)29(2,25)26/h5-6,12,15-16H,3-4,7-11,13H2,1-2H3. The molecule has 0 radical (unpaired) electrons. The van der Waals surface area contributed by atoms with Crippen molar-refractivity contribution < 1.29 is 17.9 Å². The van der Waals surface area contributed by atoms with Crippen molar-refractivity contribution in [2.75, 3.05) is 37.4 Å². The average molecular weight is 438 g/mol. The van der Waals surface area contributed by atoms with Crippen LogP contribution in [0.3, 0.4) is 0 Å². The number of aryl methyl sites for hydroxylation is 1. The normalized spacial score (nSPS) is 21.7. The van der Waals surface area contributed by atoms with Gasteiger partial charge in [0.05, 0.1) is 29.1 Å². The molecule has 2 aliphatic heterocycles. The zero-order valence-electron chi connectivity index (χ0n) is 16.8. The molecule has 1 amide bonds. The first-order valence-electron chi connectivity index (χ1n) is 10.1. The lowest BCUT2D eigenvalue weighted by Gasteiger charge is -2.33. The molecule has 1 atom stereocenters. The van der Waals surface area contributed by atoms with Crippen LogP contribution in [0.5, 0.6) is 0 Å². The number of nitrogens with zero attached hydrogens (tertiary/aromatic N) is 3. The van der Waals surface area contributed by atoms with E-state index in [9.17, 15) is 13.2 Å². The molecule has 158 valence electrons. The number of aromatic nitrogens is 1. The molecule has 2 saturated heterocycles. The highest BCUT2D eigenvalue weighted by Crippen LogP contribution is 2.33. The molecule has 0 saturated carbocycles. The second-order valence-corrected chi connectivity index (χ2v) is 11.0. The average Bonchev–Trinajstić information content (AvgIpc) is 3.34. The van der Waals surface area contributed by atoms with Gasteiger partial charge in [0, 0.05) is 25.6 Å². The van der Waals surface area contributed by atoms with Crippen LogP contribution < -0.4 is 4.90 Å². The number of hydrogen-bond donors (Lipinski definition) is 0. The zero-order valence-corrected chi connectivity index (χ0v) is 18.5. The van der Waals surface area contributed by atoms with Crippen LogP contribution in [0.25, 0.3) is 10.2 Å². The topological polar surface area (TPSA) is 79.8 Å². The van der Waals surface area contributed by atoms with E-state index < -0.39 is 10.0 Å². The summed E-state index contributed by atoms with van der Waals surface area (Å²) in [4.78, 5) is 20.0. The number of ether oxygens (including phenoxy) is 1. The van der Waals surface area contributed by atoms with Crippen LogP contribution >= 0.6 is 11.3 Å². The first kappa shape index (κ1) is 20.7. The Labute approximate surface area is 175 Å². The molecule has 3 heterocycles. The third-order valence-corrected chi connectivity index (χ3v) is 8.06. The molecule has 0 N–H and O–H groups in total. The monoisotopic (exact) mass is 437 g/mol. The molecule has 1 aromatic heterocycles. The van der Waals surface area contributed by atoms with E-state index >= 15 is 0 Å². The van der Waals surface area contributed by atoms with Crippen LogP contribution in [-0.4, -0.2) is 62.2 Å². The maximum Gasteiger partial charge on any atom is 0.232 e. The summed E-state index contributed by atoms with van der Waals surface area (Å²) in [5, 5.41) is 0.705. The summed E-state index contributed by atoms with van der Waals surface area (Å²) in [6, 6.07) is 6.11. The number of carbonyl (C=O) groups is 1. The van der Waals surface area contributed by atoms with Gasteiger partial charge in [0.1, 0.15) is 0 Å². The fourth-order valence-electron chi connectivity index (χ4n) is 4.04. The van der Waals surface area contributed by atoms with Crippen LogP contribution in [0.15, 0.2) is 18.2 Å².